The number of nitro benzene ring substituents is 1. The first-order chi connectivity index (χ1) is 16.0. The molecule has 10 heteroatoms. The number of nitro groups is 1. The van der Waals surface area contributed by atoms with Crippen molar-refractivity contribution in [2.24, 2.45) is 0 Å². The third-order valence-electron chi connectivity index (χ3n) is 4.81. The summed E-state index contributed by atoms with van der Waals surface area (Å²) in [5.41, 5.74) is 1.75. The molecule has 0 saturated heterocycles. The molecule has 0 fully saturated rings. The standard InChI is InChI=1S/C23H20N6O4/c1-33-18-10-7-15(8-11-18)22-26-21(27-28-22)14-24-23(30)16-9-12-19(20(13-16)29(31)32)25-17-5-3-2-4-6-17/h2-13,25H,14H2,1H3,(H,24,30)(H,26,27,28). The van der Waals surface area contributed by atoms with E-state index in [0.717, 1.165) is 11.3 Å². The normalized spacial score (nSPS) is 10.5. The number of ether oxygens (including phenoxy) is 1. The summed E-state index contributed by atoms with van der Waals surface area (Å²) in [4.78, 5) is 28.0. The first-order valence-corrected chi connectivity index (χ1v) is 9.98. The number of H-pyrrole nitrogens is 1. The Morgan fingerprint density at radius 2 is 1.85 bits per heavy atom. The van der Waals surface area contributed by atoms with Gasteiger partial charge in [0.2, 0.25) is 0 Å². The molecule has 0 aliphatic heterocycles. The summed E-state index contributed by atoms with van der Waals surface area (Å²) < 4.78 is 5.14. The van der Waals surface area contributed by atoms with Crippen LogP contribution in [0.3, 0.4) is 0 Å². The van der Waals surface area contributed by atoms with Crippen LogP contribution in [0.4, 0.5) is 17.1 Å². The lowest BCUT2D eigenvalue weighted by Gasteiger charge is -2.09. The number of carbonyl (C=O) groups excluding carboxylic acids is 1. The minimum atomic E-state index is -0.528. The van der Waals surface area contributed by atoms with E-state index in [1.165, 1.54) is 18.2 Å². The molecule has 1 heterocycles. The molecule has 166 valence electrons. The molecule has 0 unspecified atom stereocenters. The maximum absolute atomic E-state index is 12.6. The number of anilines is 2. The zero-order valence-electron chi connectivity index (χ0n) is 17.6. The number of amides is 1. The Balaban J connectivity index is 1.43. The molecule has 0 bridgehead atoms. The Hall–Kier alpha value is -4.73. The number of rotatable bonds is 8. The molecule has 4 aromatic rings. The van der Waals surface area contributed by atoms with Crippen molar-refractivity contribution in [2.45, 2.75) is 6.54 Å². The summed E-state index contributed by atoms with van der Waals surface area (Å²) in [5.74, 6) is 1.19. The van der Waals surface area contributed by atoms with Crippen LogP contribution in [0.5, 0.6) is 5.75 Å². The molecule has 0 aliphatic carbocycles. The van der Waals surface area contributed by atoms with Gasteiger partial charge in [-0.2, -0.15) is 5.10 Å². The monoisotopic (exact) mass is 444 g/mol. The number of benzene rings is 3. The highest BCUT2D eigenvalue weighted by Crippen LogP contribution is 2.28. The van der Waals surface area contributed by atoms with Gasteiger partial charge in [0, 0.05) is 22.9 Å². The summed E-state index contributed by atoms with van der Waals surface area (Å²) in [7, 11) is 1.59. The maximum atomic E-state index is 12.6. The molecule has 3 aromatic carbocycles. The fourth-order valence-corrected chi connectivity index (χ4v) is 3.12. The second kappa shape index (κ2) is 9.60. The number of hydrogen-bond donors (Lipinski definition) is 3. The van der Waals surface area contributed by atoms with Crippen LogP contribution in [0.25, 0.3) is 11.4 Å². The van der Waals surface area contributed by atoms with Crippen molar-refractivity contribution in [3.63, 3.8) is 0 Å². The predicted molar refractivity (Wildman–Crippen MR) is 122 cm³/mol. The van der Waals surface area contributed by atoms with Gasteiger partial charge in [0.15, 0.2) is 5.82 Å². The Bertz CT molecular complexity index is 1270. The minimum Gasteiger partial charge on any atom is -0.497 e. The van der Waals surface area contributed by atoms with E-state index in [9.17, 15) is 14.9 Å². The third-order valence-corrected chi connectivity index (χ3v) is 4.81. The van der Waals surface area contributed by atoms with Gasteiger partial charge in [0.1, 0.15) is 17.3 Å². The van der Waals surface area contributed by atoms with Crippen molar-refractivity contribution >= 4 is 23.0 Å². The largest absolute Gasteiger partial charge is 0.497 e. The van der Waals surface area contributed by atoms with Crippen molar-refractivity contribution in [3.05, 3.63) is 94.3 Å². The van der Waals surface area contributed by atoms with Gasteiger partial charge in [-0.15, -0.1) is 0 Å². The highest BCUT2D eigenvalue weighted by atomic mass is 16.6. The predicted octanol–water partition coefficient (Wildman–Crippen LogP) is 4.06. The topological polar surface area (TPSA) is 135 Å². The summed E-state index contributed by atoms with van der Waals surface area (Å²) in [6.07, 6.45) is 0. The van der Waals surface area contributed by atoms with Crippen molar-refractivity contribution in [3.8, 4) is 17.1 Å². The summed E-state index contributed by atoms with van der Waals surface area (Å²) >= 11 is 0. The van der Waals surface area contributed by atoms with Crippen LogP contribution < -0.4 is 15.4 Å². The van der Waals surface area contributed by atoms with E-state index in [2.05, 4.69) is 25.8 Å². The number of para-hydroxylation sites is 1. The first kappa shape index (κ1) is 21.5. The molecule has 1 amide bonds. The maximum Gasteiger partial charge on any atom is 0.293 e. The SMILES string of the molecule is COc1ccc(-c2n[nH]c(CNC(=O)c3ccc(Nc4ccccc4)c([N+](=O)[O-])c3)n2)cc1. The van der Waals surface area contributed by atoms with Gasteiger partial charge in [0.05, 0.1) is 18.6 Å². The fourth-order valence-electron chi connectivity index (χ4n) is 3.12. The molecule has 33 heavy (non-hydrogen) atoms. The lowest BCUT2D eigenvalue weighted by Crippen LogP contribution is -2.23. The third kappa shape index (κ3) is 5.13. The number of nitrogens with zero attached hydrogens (tertiary/aromatic N) is 3. The molecular formula is C23H20N6O4. The van der Waals surface area contributed by atoms with Crippen LogP contribution in [-0.2, 0) is 6.54 Å². The Kier molecular flexibility index (Phi) is 6.26. The van der Waals surface area contributed by atoms with E-state index in [-0.39, 0.29) is 17.8 Å². The molecule has 4 rings (SSSR count). The number of nitrogens with one attached hydrogen (secondary N) is 3. The van der Waals surface area contributed by atoms with Crippen LogP contribution in [0, 0.1) is 10.1 Å². The van der Waals surface area contributed by atoms with Crippen molar-refractivity contribution < 1.29 is 14.5 Å². The van der Waals surface area contributed by atoms with E-state index in [1.807, 2.05) is 30.3 Å². The number of aromatic amines is 1. The summed E-state index contributed by atoms with van der Waals surface area (Å²) in [6, 6.07) is 20.6. The lowest BCUT2D eigenvalue weighted by molar-refractivity contribution is -0.383. The van der Waals surface area contributed by atoms with Crippen LogP contribution >= 0.6 is 0 Å². The smallest absolute Gasteiger partial charge is 0.293 e. The van der Waals surface area contributed by atoms with Gasteiger partial charge in [-0.3, -0.25) is 20.0 Å². The quantitative estimate of drug-likeness (QED) is 0.275. The minimum absolute atomic E-state index is 0.0831. The van der Waals surface area contributed by atoms with Gasteiger partial charge in [-0.1, -0.05) is 18.2 Å². The molecule has 0 saturated carbocycles. The zero-order chi connectivity index (χ0) is 23.2. The molecule has 0 aliphatic rings. The number of carbonyl (C=O) groups is 1. The molecule has 0 radical (unpaired) electrons. The van der Waals surface area contributed by atoms with Crippen LogP contribution in [0.1, 0.15) is 16.2 Å². The highest BCUT2D eigenvalue weighted by molar-refractivity contribution is 5.95. The average molecular weight is 444 g/mol. The van der Waals surface area contributed by atoms with E-state index in [1.54, 1.807) is 31.4 Å². The zero-order valence-corrected chi connectivity index (χ0v) is 17.6. The second-order valence-electron chi connectivity index (χ2n) is 7.00. The van der Waals surface area contributed by atoms with Crippen LogP contribution in [0.15, 0.2) is 72.8 Å². The van der Waals surface area contributed by atoms with Gasteiger partial charge in [-0.25, -0.2) is 4.98 Å². The first-order valence-electron chi connectivity index (χ1n) is 9.98. The molecule has 0 atom stereocenters. The molecular weight excluding hydrogens is 424 g/mol. The highest BCUT2D eigenvalue weighted by Gasteiger charge is 2.18. The van der Waals surface area contributed by atoms with E-state index in [0.29, 0.717) is 23.0 Å². The molecule has 3 N–H and O–H groups in total. The number of hydrogen-bond acceptors (Lipinski definition) is 7. The van der Waals surface area contributed by atoms with Gasteiger partial charge in [0.25, 0.3) is 11.6 Å². The molecule has 10 nitrogen and oxygen atoms in total. The van der Waals surface area contributed by atoms with Crippen LogP contribution in [0.2, 0.25) is 0 Å². The summed E-state index contributed by atoms with van der Waals surface area (Å²) in [6.45, 7) is 0.0831. The Labute approximate surface area is 188 Å². The summed E-state index contributed by atoms with van der Waals surface area (Å²) in [5, 5.41) is 24.2. The molecule has 0 spiro atoms. The fraction of sp³-hybridized carbons (Fsp3) is 0.0870. The van der Waals surface area contributed by atoms with Gasteiger partial charge in [-0.05, 0) is 48.5 Å². The van der Waals surface area contributed by atoms with Crippen molar-refractivity contribution in [2.75, 3.05) is 12.4 Å². The van der Waals surface area contributed by atoms with Gasteiger partial charge < -0.3 is 15.4 Å². The number of methoxy groups -OCH3 is 1. The van der Waals surface area contributed by atoms with Gasteiger partial charge >= 0.3 is 0 Å². The lowest BCUT2D eigenvalue weighted by atomic mass is 10.1. The van der Waals surface area contributed by atoms with Crippen LogP contribution in [-0.4, -0.2) is 33.1 Å². The van der Waals surface area contributed by atoms with E-state index >= 15 is 0 Å². The van der Waals surface area contributed by atoms with E-state index in [4.69, 9.17) is 4.74 Å². The number of aromatic nitrogens is 3. The van der Waals surface area contributed by atoms with Crippen molar-refractivity contribution in [1.82, 2.24) is 20.5 Å². The molecule has 1 aromatic heterocycles. The Morgan fingerprint density at radius 3 is 2.55 bits per heavy atom. The average Bonchev–Trinajstić information content (AvgIpc) is 3.32. The Morgan fingerprint density at radius 1 is 1.09 bits per heavy atom. The van der Waals surface area contributed by atoms with E-state index < -0.39 is 10.8 Å². The second-order valence-corrected chi connectivity index (χ2v) is 7.00. The van der Waals surface area contributed by atoms with Crippen molar-refractivity contribution in [1.29, 1.82) is 0 Å².